The average Bonchev–Trinajstić information content (AvgIpc) is 2.62. The first-order chi connectivity index (χ1) is 13.5. The van der Waals surface area contributed by atoms with Crippen molar-refractivity contribution in [3.63, 3.8) is 0 Å². The zero-order chi connectivity index (χ0) is 21.8. The van der Waals surface area contributed by atoms with E-state index >= 15 is 0 Å². The average molecular weight is 445 g/mol. The molecule has 0 bridgehead atoms. The maximum absolute atomic E-state index is 13.3. The molecule has 0 N–H and O–H groups in total. The Balaban J connectivity index is 0.00000450. The maximum Gasteiger partial charge on any atom is 1.00 e. The van der Waals surface area contributed by atoms with Gasteiger partial charge in [-0.25, -0.2) is 0 Å². The van der Waals surface area contributed by atoms with Crippen LogP contribution in [-0.2, 0) is 12.4 Å². The molecule has 2 aromatic carbocycles. The summed E-state index contributed by atoms with van der Waals surface area (Å²) in [5.41, 5.74) is -5.90. The van der Waals surface area contributed by atoms with Crippen LogP contribution < -0.4 is 33.6 Å². The van der Waals surface area contributed by atoms with Crippen LogP contribution in [0.4, 0.5) is 26.3 Å². The summed E-state index contributed by atoms with van der Waals surface area (Å²) in [5, 5.41) is 0.186. The van der Waals surface area contributed by atoms with E-state index < -0.39 is 43.1 Å². The van der Waals surface area contributed by atoms with Crippen LogP contribution in [0.5, 0.6) is 11.5 Å². The third-order valence-electron chi connectivity index (χ3n) is 3.71. The van der Waals surface area contributed by atoms with Crippen molar-refractivity contribution in [1.29, 1.82) is 0 Å². The van der Waals surface area contributed by atoms with Gasteiger partial charge in [0.15, 0.2) is 5.52 Å². The predicted molar refractivity (Wildman–Crippen MR) is 97.5 cm³/mol. The second-order valence-electron chi connectivity index (χ2n) is 5.70. The number of carbonyl (C=O) groups excluding carboxylic acids is 1. The summed E-state index contributed by atoms with van der Waals surface area (Å²) in [6.07, 6.45) is -10.2. The first-order valence-electron chi connectivity index (χ1n) is 8.47. The fraction of sp³-hybridized carbons (Fsp3) is 0.316. The molecular formula is C19H17F6LiO3P+. The van der Waals surface area contributed by atoms with Crippen LogP contribution >= 0.6 is 8.58 Å². The van der Waals surface area contributed by atoms with Gasteiger partial charge in [0.2, 0.25) is 0 Å². The monoisotopic (exact) mass is 445 g/mol. The number of benzene rings is 2. The molecule has 2 rings (SSSR count). The molecule has 0 heterocycles. The standard InChI is InChI=1S/C19H17F6O3P.Li/c1-3-27-11-8-9-15(14(10-11)28-4-2)29-17(26)16-12(18(20,21)22)6-5-7-13(16)19(23,24)25;/h5-10,29H,3-4H2,1-2H3;/q;+1. The second-order valence-corrected chi connectivity index (χ2v) is 6.94. The number of rotatable bonds is 7. The molecule has 0 aromatic heterocycles. The third kappa shape index (κ3) is 6.41. The minimum atomic E-state index is -5.11. The zero-order valence-corrected chi connectivity index (χ0v) is 17.4. The SMILES string of the molecule is CCOc1ccc(PC(=O)c2c(C(F)(F)F)cccc2C(F)(F)F)c(OCC)c1.[Li+]. The van der Waals surface area contributed by atoms with Gasteiger partial charge in [-0.05, 0) is 46.7 Å². The Labute approximate surface area is 183 Å². The van der Waals surface area contributed by atoms with Crippen LogP contribution in [0.1, 0.15) is 35.3 Å². The Bertz CT molecular complexity index is 851. The van der Waals surface area contributed by atoms with E-state index in [-0.39, 0.29) is 36.5 Å². The molecule has 158 valence electrons. The molecule has 11 heteroatoms. The largest absolute Gasteiger partial charge is 1.00 e. The molecule has 30 heavy (non-hydrogen) atoms. The minimum absolute atomic E-state index is 0. The molecule has 1 atom stereocenters. The van der Waals surface area contributed by atoms with E-state index in [0.29, 0.717) is 30.6 Å². The van der Waals surface area contributed by atoms with Crippen LogP contribution in [-0.4, -0.2) is 18.7 Å². The van der Waals surface area contributed by atoms with Gasteiger partial charge in [-0.1, -0.05) is 6.07 Å². The Morgan fingerprint density at radius 3 is 1.90 bits per heavy atom. The van der Waals surface area contributed by atoms with Crippen LogP contribution in [0.2, 0.25) is 0 Å². The van der Waals surface area contributed by atoms with Gasteiger partial charge in [0, 0.05) is 16.9 Å². The van der Waals surface area contributed by atoms with Crippen molar-refractivity contribution in [1.82, 2.24) is 0 Å². The zero-order valence-electron chi connectivity index (χ0n) is 16.4. The van der Waals surface area contributed by atoms with Gasteiger partial charge in [-0.3, -0.25) is 4.79 Å². The van der Waals surface area contributed by atoms with Crippen molar-refractivity contribution < 1.29 is 59.5 Å². The van der Waals surface area contributed by atoms with Crippen molar-refractivity contribution >= 4 is 19.4 Å². The Hall–Kier alpha value is -1.68. The predicted octanol–water partition coefficient (Wildman–Crippen LogP) is 2.67. The normalized spacial score (nSPS) is 12.0. The first-order valence-corrected chi connectivity index (χ1v) is 9.47. The summed E-state index contributed by atoms with van der Waals surface area (Å²) in [6, 6.07) is 5.89. The van der Waals surface area contributed by atoms with Gasteiger partial charge >= 0.3 is 31.2 Å². The maximum atomic E-state index is 13.3. The number of carbonyl (C=O) groups is 1. The summed E-state index contributed by atoms with van der Waals surface area (Å²) < 4.78 is 90.5. The van der Waals surface area contributed by atoms with E-state index in [1.54, 1.807) is 13.8 Å². The summed E-state index contributed by atoms with van der Waals surface area (Å²) in [4.78, 5) is 12.6. The minimum Gasteiger partial charge on any atom is -0.494 e. The Morgan fingerprint density at radius 2 is 1.43 bits per heavy atom. The first kappa shape index (κ1) is 26.4. The fourth-order valence-electron chi connectivity index (χ4n) is 2.59. The van der Waals surface area contributed by atoms with E-state index in [9.17, 15) is 31.1 Å². The molecule has 0 aliphatic rings. The Morgan fingerprint density at radius 1 is 0.900 bits per heavy atom. The topological polar surface area (TPSA) is 35.5 Å². The summed E-state index contributed by atoms with van der Waals surface area (Å²) in [5.74, 6) is 0.576. The van der Waals surface area contributed by atoms with Gasteiger partial charge in [-0.15, -0.1) is 0 Å². The molecule has 0 spiro atoms. The van der Waals surface area contributed by atoms with Crippen molar-refractivity contribution in [2.45, 2.75) is 26.2 Å². The summed E-state index contributed by atoms with van der Waals surface area (Å²) in [7, 11) is -1.01. The number of alkyl halides is 6. The van der Waals surface area contributed by atoms with E-state index in [4.69, 9.17) is 9.47 Å². The molecular weight excluding hydrogens is 428 g/mol. The van der Waals surface area contributed by atoms with Crippen molar-refractivity contribution in [2.75, 3.05) is 13.2 Å². The van der Waals surface area contributed by atoms with Crippen molar-refractivity contribution in [2.24, 2.45) is 0 Å². The molecule has 0 aliphatic heterocycles. The summed E-state index contributed by atoms with van der Waals surface area (Å²) in [6.45, 7) is 3.93. The third-order valence-corrected chi connectivity index (χ3v) is 4.87. The van der Waals surface area contributed by atoms with E-state index in [1.165, 1.54) is 18.2 Å². The molecule has 3 nitrogen and oxygen atoms in total. The fourth-order valence-corrected chi connectivity index (χ4v) is 3.66. The Kier molecular flexibility index (Phi) is 9.28. The van der Waals surface area contributed by atoms with Gasteiger partial charge in [-0.2, -0.15) is 26.3 Å². The number of ether oxygens (including phenoxy) is 2. The second kappa shape index (κ2) is 10.6. The van der Waals surface area contributed by atoms with Gasteiger partial charge in [0.25, 0.3) is 0 Å². The van der Waals surface area contributed by atoms with E-state index in [2.05, 4.69) is 0 Å². The molecule has 0 fully saturated rings. The molecule has 0 saturated heterocycles. The van der Waals surface area contributed by atoms with Gasteiger partial charge in [0.1, 0.15) is 11.5 Å². The number of hydrogen-bond acceptors (Lipinski definition) is 3. The van der Waals surface area contributed by atoms with Crippen LogP contribution in [0.15, 0.2) is 36.4 Å². The van der Waals surface area contributed by atoms with Gasteiger partial charge < -0.3 is 9.47 Å². The van der Waals surface area contributed by atoms with Crippen LogP contribution in [0, 0.1) is 0 Å². The molecule has 0 radical (unpaired) electrons. The number of hydrogen-bond donors (Lipinski definition) is 0. The quantitative estimate of drug-likeness (QED) is 0.374. The number of halogens is 6. The van der Waals surface area contributed by atoms with E-state index in [0.717, 1.165) is 0 Å². The van der Waals surface area contributed by atoms with Crippen LogP contribution in [0.25, 0.3) is 0 Å². The van der Waals surface area contributed by atoms with E-state index in [1.807, 2.05) is 0 Å². The molecule has 0 amide bonds. The van der Waals surface area contributed by atoms with Crippen molar-refractivity contribution in [3.05, 3.63) is 53.1 Å². The van der Waals surface area contributed by atoms with Crippen molar-refractivity contribution in [3.8, 4) is 11.5 Å². The smallest absolute Gasteiger partial charge is 0.494 e. The van der Waals surface area contributed by atoms with Crippen LogP contribution in [0.3, 0.4) is 0 Å². The molecule has 1 unspecified atom stereocenters. The van der Waals surface area contributed by atoms with Gasteiger partial charge in [0.05, 0.1) is 24.3 Å². The summed E-state index contributed by atoms with van der Waals surface area (Å²) >= 11 is 0. The molecule has 0 aliphatic carbocycles. The molecule has 0 saturated carbocycles. The molecule has 2 aromatic rings.